The zero-order chi connectivity index (χ0) is 12.8. The smallest absolute Gasteiger partial charge is 0.0701 e. The van der Waals surface area contributed by atoms with Crippen LogP contribution in [0.15, 0.2) is 0 Å². The van der Waals surface area contributed by atoms with Crippen molar-refractivity contribution in [2.75, 3.05) is 53.4 Å². The first-order valence-electron chi connectivity index (χ1n) is 6.49. The topological polar surface area (TPSA) is 36.9 Å². The van der Waals surface area contributed by atoms with Gasteiger partial charge in [-0.25, -0.2) is 0 Å². The molecule has 0 aromatic heterocycles. The summed E-state index contributed by atoms with van der Waals surface area (Å²) < 4.78 is 20.9. The molecule has 0 heterocycles. The number of hydrogen-bond donors (Lipinski definition) is 0. The third-order valence-electron chi connectivity index (χ3n) is 2.25. The Bertz CT molecular complexity index is 139. The molecule has 0 bridgehead atoms. The van der Waals surface area contributed by atoms with Crippen LogP contribution in [0.2, 0.25) is 0 Å². The molecule has 104 valence electrons. The zero-order valence-electron chi connectivity index (χ0n) is 11.6. The fraction of sp³-hybridized carbons (Fsp3) is 1.00. The maximum absolute atomic E-state index is 5.44. The first-order valence-corrected chi connectivity index (χ1v) is 6.49. The quantitative estimate of drug-likeness (QED) is 0.468. The van der Waals surface area contributed by atoms with Crippen LogP contribution in [0.25, 0.3) is 0 Å². The Labute approximate surface area is 106 Å². The molecule has 0 saturated carbocycles. The maximum atomic E-state index is 5.44. The Morgan fingerprint density at radius 1 is 0.706 bits per heavy atom. The lowest BCUT2D eigenvalue weighted by atomic mass is 10.1. The Morgan fingerprint density at radius 3 is 1.65 bits per heavy atom. The van der Waals surface area contributed by atoms with E-state index in [1.54, 1.807) is 7.11 Å². The van der Waals surface area contributed by atoms with Crippen molar-refractivity contribution in [1.29, 1.82) is 0 Å². The van der Waals surface area contributed by atoms with Gasteiger partial charge in [-0.2, -0.15) is 0 Å². The fourth-order valence-electron chi connectivity index (χ4n) is 1.28. The third-order valence-corrected chi connectivity index (χ3v) is 2.25. The van der Waals surface area contributed by atoms with Gasteiger partial charge in [-0.3, -0.25) is 0 Å². The summed E-state index contributed by atoms with van der Waals surface area (Å²) in [4.78, 5) is 0. The van der Waals surface area contributed by atoms with Crippen molar-refractivity contribution in [2.24, 2.45) is 5.92 Å². The average molecular weight is 248 g/mol. The molecule has 0 radical (unpaired) electrons. The van der Waals surface area contributed by atoms with E-state index in [9.17, 15) is 0 Å². The molecule has 0 fully saturated rings. The summed E-state index contributed by atoms with van der Waals surface area (Å²) in [5, 5.41) is 0. The monoisotopic (exact) mass is 248 g/mol. The highest BCUT2D eigenvalue weighted by molar-refractivity contribution is 4.44. The van der Waals surface area contributed by atoms with Gasteiger partial charge in [0, 0.05) is 13.7 Å². The predicted molar refractivity (Wildman–Crippen MR) is 68.4 cm³/mol. The highest BCUT2D eigenvalue weighted by Gasteiger charge is 1.94. The van der Waals surface area contributed by atoms with E-state index in [2.05, 4.69) is 13.8 Å². The Hall–Kier alpha value is -0.160. The average Bonchev–Trinajstić information content (AvgIpc) is 2.30. The highest BCUT2D eigenvalue weighted by atomic mass is 16.6. The molecule has 0 rings (SSSR count). The van der Waals surface area contributed by atoms with Crippen LogP contribution in [-0.4, -0.2) is 53.4 Å². The molecule has 0 aliphatic rings. The third kappa shape index (κ3) is 15.8. The van der Waals surface area contributed by atoms with Crippen molar-refractivity contribution in [2.45, 2.75) is 26.7 Å². The lowest BCUT2D eigenvalue weighted by Crippen LogP contribution is -2.11. The van der Waals surface area contributed by atoms with E-state index >= 15 is 0 Å². The molecule has 0 amide bonds. The van der Waals surface area contributed by atoms with Gasteiger partial charge in [0.25, 0.3) is 0 Å². The summed E-state index contributed by atoms with van der Waals surface area (Å²) in [7, 11) is 1.66. The number of hydrogen-bond acceptors (Lipinski definition) is 4. The summed E-state index contributed by atoms with van der Waals surface area (Å²) in [6.07, 6.45) is 2.37. The Kier molecular flexibility index (Phi) is 13.8. The molecule has 4 nitrogen and oxygen atoms in total. The number of rotatable bonds is 13. The van der Waals surface area contributed by atoms with Gasteiger partial charge in [-0.1, -0.05) is 13.8 Å². The summed E-state index contributed by atoms with van der Waals surface area (Å²) in [5.74, 6) is 0.763. The van der Waals surface area contributed by atoms with Gasteiger partial charge >= 0.3 is 0 Å². The van der Waals surface area contributed by atoms with Gasteiger partial charge in [-0.05, 0) is 18.8 Å². The summed E-state index contributed by atoms with van der Waals surface area (Å²) in [5.41, 5.74) is 0. The summed E-state index contributed by atoms with van der Waals surface area (Å²) in [6, 6.07) is 0. The molecule has 0 aromatic carbocycles. The number of methoxy groups -OCH3 is 1. The van der Waals surface area contributed by atoms with E-state index in [-0.39, 0.29) is 0 Å². The van der Waals surface area contributed by atoms with Gasteiger partial charge in [0.1, 0.15) is 0 Å². The molecule has 0 aliphatic carbocycles. The molecule has 0 saturated heterocycles. The largest absolute Gasteiger partial charge is 0.382 e. The molecule has 0 N–H and O–H groups in total. The minimum atomic E-state index is 0.622. The van der Waals surface area contributed by atoms with Crippen LogP contribution < -0.4 is 0 Å². The van der Waals surface area contributed by atoms with Gasteiger partial charge in [0.05, 0.1) is 39.6 Å². The van der Waals surface area contributed by atoms with E-state index in [0.717, 1.165) is 18.9 Å². The molecule has 0 unspecified atom stereocenters. The zero-order valence-corrected chi connectivity index (χ0v) is 11.6. The van der Waals surface area contributed by atoms with Crippen molar-refractivity contribution < 1.29 is 18.9 Å². The molecular weight excluding hydrogens is 220 g/mol. The fourth-order valence-corrected chi connectivity index (χ4v) is 1.28. The molecule has 0 spiro atoms. The minimum absolute atomic E-state index is 0.622. The molecule has 0 aliphatic heterocycles. The van der Waals surface area contributed by atoms with Crippen LogP contribution in [0.3, 0.4) is 0 Å². The molecule has 17 heavy (non-hydrogen) atoms. The van der Waals surface area contributed by atoms with E-state index in [0.29, 0.717) is 39.6 Å². The lowest BCUT2D eigenvalue weighted by Gasteiger charge is -2.07. The van der Waals surface area contributed by atoms with Crippen LogP contribution in [0.5, 0.6) is 0 Å². The van der Waals surface area contributed by atoms with Gasteiger partial charge < -0.3 is 18.9 Å². The lowest BCUT2D eigenvalue weighted by molar-refractivity contribution is 0.00305. The van der Waals surface area contributed by atoms with E-state index < -0.39 is 0 Å². The second-order valence-corrected chi connectivity index (χ2v) is 4.37. The molecule has 0 aromatic rings. The van der Waals surface area contributed by atoms with Crippen molar-refractivity contribution in [3.63, 3.8) is 0 Å². The van der Waals surface area contributed by atoms with E-state index in [4.69, 9.17) is 18.9 Å². The van der Waals surface area contributed by atoms with Crippen LogP contribution in [0.1, 0.15) is 26.7 Å². The van der Waals surface area contributed by atoms with Gasteiger partial charge in [0.15, 0.2) is 0 Å². The Morgan fingerprint density at radius 2 is 1.18 bits per heavy atom. The van der Waals surface area contributed by atoms with Crippen molar-refractivity contribution in [3.8, 4) is 0 Å². The standard InChI is InChI=1S/C13H28O4/c1-13(2)5-4-6-15-9-10-17-12-11-16-8-7-14-3/h13H,4-12H2,1-3H3. The van der Waals surface area contributed by atoms with E-state index in [1.807, 2.05) is 0 Å². The van der Waals surface area contributed by atoms with Crippen LogP contribution in [0.4, 0.5) is 0 Å². The Balaban J connectivity index is 2.89. The normalized spacial score (nSPS) is 11.3. The highest BCUT2D eigenvalue weighted by Crippen LogP contribution is 2.02. The van der Waals surface area contributed by atoms with Crippen molar-refractivity contribution in [1.82, 2.24) is 0 Å². The second kappa shape index (κ2) is 13.9. The first kappa shape index (κ1) is 16.8. The first-order chi connectivity index (χ1) is 8.27. The maximum Gasteiger partial charge on any atom is 0.0701 e. The van der Waals surface area contributed by atoms with Gasteiger partial charge in [-0.15, -0.1) is 0 Å². The van der Waals surface area contributed by atoms with Crippen LogP contribution in [0, 0.1) is 5.92 Å². The predicted octanol–water partition coefficient (Wildman–Crippen LogP) is 2.12. The van der Waals surface area contributed by atoms with Crippen LogP contribution >= 0.6 is 0 Å². The number of ether oxygens (including phenoxy) is 4. The molecular formula is C13H28O4. The second-order valence-electron chi connectivity index (χ2n) is 4.37. The molecule has 4 heteroatoms. The van der Waals surface area contributed by atoms with Crippen LogP contribution in [-0.2, 0) is 18.9 Å². The molecule has 0 atom stereocenters. The van der Waals surface area contributed by atoms with Gasteiger partial charge in [0.2, 0.25) is 0 Å². The van der Waals surface area contributed by atoms with Crippen molar-refractivity contribution >= 4 is 0 Å². The summed E-state index contributed by atoms with van der Waals surface area (Å²) in [6.45, 7) is 9.14. The SMILES string of the molecule is COCCOCCOCCOCCCC(C)C. The minimum Gasteiger partial charge on any atom is -0.382 e. The van der Waals surface area contributed by atoms with Crippen molar-refractivity contribution in [3.05, 3.63) is 0 Å². The summed E-state index contributed by atoms with van der Waals surface area (Å²) >= 11 is 0. The van der Waals surface area contributed by atoms with E-state index in [1.165, 1.54) is 6.42 Å².